The smallest absolute Gasteiger partial charge is 0.191 e. The van der Waals surface area contributed by atoms with Crippen molar-refractivity contribution < 1.29 is 4.74 Å². The van der Waals surface area contributed by atoms with Crippen LogP contribution >= 0.6 is 47.2 Å². The van der Waals surface area contributed by atoms with Crippen LogP contribution in [0.25, 0.3) is 0 Å². The summed E-state index contributed by atoms with van der Waals surface area (Å²) in [7, 11) is 3.44. The van der Waals surface area contributed by atoms with Gasteiger partial charge in [0.05, 0.1) is 12.8 Å². The van der Waals surface area contributed by atoms with Crippen LogP contribution in [-0.2, 0) is 6.54 Å². The van der Waals surface area contributed by atoms with Crippen molar-refractivity contribution in [2.24, 2.45) is 4.99 Å². The van der Waals surface area contributed by atoms with Crippen molar-refractivity contribution in [2.45, 2.75) is 19.0 Å². The summed E-state index contributed by atoms with van der Waals surface area (Å²) in [5, 5.41) is 7.98. The Hall–Kier alpha value is -1.45. The predicted molar refractivity (Wildman–Crippen MR) is 127 cm³/mol. The molecule has 9 heteroatoms. The van der Waals surface area contributed by atoms with E-state index in [9.17, 15) is 0 Å². The Bertz CT molecular complexity index is 803. The second-order valence-corrected chi connectivity index (χ2v) is 7.13. The van der Waals surface area contributed by atoms with Gasteiger partial charge < -0.3 is 20.3 Å². The molecule has 6 nitrogen and oxygen atoms in total. The monoisotopic (exact) mass is 535 g/mol. The summed E-state index contributed by atoms with van der Waals surface area (Å²) in [4.78, 5) is 10.7. The summed E-state index contributed by atoms with van der Waals surface area (Å²) >= 11 is 12.0. The number of hydrogen-bond donors (Lipinski definition) is 2. The van der Waals surface area contributed by atoms with Gasteiger partial charge >= 0.3 is 0 Å². The molecule has 152 valence electrons. The van der Waals surface area contributed by atoms with Gasteiger partial charge in [0, 0.05) is 43.9 Å². The highest BCUT2D eigenvalue weighted by Gasteiger charge is 2.25. The molecule has 1 saturated heterocycles. The zero-order valence-electron chi connectivity index (χ0n) is 15.8. The minimum Gasteiger partial charge on any atom is -0.495 e. The maximum absolute atomic E-state index is 6.16. The highest BCUT2D eigenvalue weighted by atomic mass is 127. The molecule has 1 unspecified atom stereocenters. The highest BCUT2D eigenvalue weighted by Crippen LogP contribution is 2.33. The minimum absolute atomic E-state index is 0. The first kappa shape index (κ1) is 22.8. The van der Waals surface area contributed by atoms with Crippen LogP contribution in [0.3, 0.4) is 0 Å². The van der Waals surface area contributed by atoms with Gasteiger partial charge in [0.1, 0.15) is 10.9 Å². The van der Waals surface area contributed by atoms with Crippen LogP contribution in [0.5, 0.6) is 5.75 Å². The molecule has 0 radical (unpaired) electrons. The predicted octanol–water partition coefficient (Wildman–Crippen LogP) is 3.96. The maximum Gasteiger partial charge on any atom is 0.191 e. The van der Waals surface area contributed by atoms with Gasteiger partial charge in [0.25, 0.3) is 0 Å². The SMILES string of the molecule is CN=C(NCc1ccc(Cl)nc1)NC1CCN(c2cc(Cl)ccc2OC)C1.I. The molecule has 1 atom stereocenters. The van der Waals surface area contributed by atoms with E-state index in [0.717, 1.165) is 42.5 Å². The van der Waals surface area contributed by atoms with Crippen LogP contribution in [0.1, 0.15) is 12.0 Å². The van der Waals surface area contributed by atoms with E-state index in [-0.39, 0.29) is 30.0 Å². The zero-order valence-corrected chi connectivity index (χ0v) is 19.6. The van der Waals surface area contributed by atoms with Crippen LogP contribution in [0.2, 0.25) is 10.2 Å². The molecule has 2 aromatic rings. The number of hydrogen-bond acceptors (Lipinski definition) is 4. The van der Waals surface area contributed by atoms with E-state index >= 15 is 0 Å². The first-order chi connectivity index (χ1) is 13.1. The molecule has 3 rings (SSSR count). The quantitative estimate of drug-likeness (QED) is 0.263. The van der Waals surface area contributed by atoms with E-state index in [1.165, 1.54) is 0 Å². The molecule has 28 heavy (non-hydrogen) atoms. The average molecular weight is 536 g/mol. The van der Waals surface area contributed by atoms with Gasteiger partial charge in [-0.2, -0.15) is 0 Å². The number of pyridine rings is 1. The average Bonchev–Trinajstić information content (AvgIpc) is 3.14. The van der Waals surface area contributed by atoms with Crippen molar-refractivity contribution >= 4 is 58.8 Å². The maximum atomic E-state index is 6.16. The highest BCUT2D eigenvalue weighted by molar-refractivity contribution is 14.0. The van der Waals surface area contributed by atoms with Crippen molar-refractivity contribution in [1.29, 1.82) is 0 Å². The lowest BCUT2D eigenvalue weighted by atomic mass is 10.2. The normalized spacial score (nSPS) is 16.5. The van der Waals surface area contributed by atoms with Crippen LogP contribution < -0.4 is 20.3 Å². The number of nitrogens with zero attached hydrogens (tertiary/aromatic N) is 3. The van der Waals surface area contributed by atoms with E-state index < -0.39 is 0 Å². The molecule has 0 amide bonds. The second kappa shape index (κ2) is 10.9. The van der Waals surface area contributed by atoms with Crippen LogP contribution in [0.4, 0.5) is 5.69 Å². The number of methoxy groups -OCH3 is 1. The van der Waals surface area contributed by atoms with Crippen molar-refractivity contribution in [1.82, 2.24) is 15.6 Å². The van der Waals surface area contributed by atoms with Gasteiger partial charge in [-0.25, -0.2) is 4.98 Å². The lowest BCUT2D eigenvalue weighted by Crippen LogP contribution is -2.44. The number of rotatable bonds is 5. The largest absolute Gasteiger partial charge is 0.495 e. The van der Waals surface area contributed by atoms with Gasteiger partial charge in [-0.05, 0) is 36.2 Å². The molecule has 0 bridgehead atoms. The van der Waals surface area contributed by atoms with Gasteiger partial charge in [0.15, 0.2) is 5.96 Å². The molecule has 0 spiro atoms. The minimum atomic E-state index is 0. The lowest BCUT2D eigenvalue weighted by molar-refractivity contribution is 0.415. The number of ether oxygens (including phenoxy) is 1. The van der Waals surface area contributed by atoms with Gasteiger partial charge in [-0.3, -0.25) is 4.99 Å². The molecule has 0 aliphatic carbocycles. The third-order valence-electron chi connectivity index (χ3n) is 4.48. The number of anilines is 1. The summed E-state index contributed by atoms with van der Waals surface area (Å²) in [6, 6.07) is 9.69. The molecule has 1 aromatic carbocycles. The Morgan fingerprint density at radius 2 is 2.14 bits per heavy atom. The molecule has 1 aromatic heterocycles. The van der Waals surface area contributed by atoms with E-state index in [2.05, 4.69) is 25.5 Å². The Balaban J connectivity index is 0.00000280. The molecule has 1 aliphatic heterocycles. The molecular formula is C19H24Cl2IN5O. The van der Waals surface area contributed by atoms with Crippen molar-refractivity contribution in [3.63, 3.8) is 0 Å². The first-order valence-corrected chi connectivity index (χ1v) is 9.50. The topological polar surface area (TPSA) is 61.8 Å². The standard InChI is InChI=1S/C19H23Cl2N5O.HI/c1-22-19(24-11-13-3-6-18(21)23-10-13)25-15-7-8-26(12-15)16-9-14(20)4-5-17(16)27-2;/h3-6,9-10,15H,7-8,11-12H2,1-2H3,(H2,22,24,25);1H. The fraction of sp³-hybridized carbons (Fsp3) is 0.368. The summed E-state index contributed by atoms with van der Waals surface area (Å²) < 4.78 is 5.47. The van der Waals surface area contributed by atoms with Crippen LogP contribution in [0.15, 0.2) is 41.5 Å². The number of guanidine groups is 1. The molecule has 1 aliphatic rings. The summed E-state index contributed by atoms with van der Waals surface area (Å²) in [6.07, 6.45) is 2.75. The first-order valence-electron chi connectivity index (χ1n) is 8.75. The van der Waals surface area contributed by atoms with E-state index in [4.69, 9.17) is 27.9 Å². The van der Waals surface area contributed by atoms with E-state index in [1.54, 1.807) is 26.4 Å². The molecule has 1 fully saturated rings. The van der Waals surface area contributed by atoms with Gasteiger partial charge in [-0.1, -0.05) is 29.3 Å². The molecule has 2 heterocycles. The number of aromatic nitrogens is 1. The van der Waals surface area contributed by atoms with E-state index in [1.807, 2.05) is 24.3 Å². The van der Waals surface area contributed by atoms with Gasteiger partial charge in [-0.15, -0.1) is 24.0 Å². The zero-order chi connectivity index (χ0) is 19.2. The number of aliphatic imine (C=N–C) groups is 1. The fourth-order valence-corrected chi connectivity index (χ4v) is 3.37. The summed E-state index contributed by atoms with van der Waals surface area (Å²) in [6.45, 7) is 2.40. The third kappa shape index (κ3) is 6.02. The number of halogens is 3. The van der Waals surface area contributed by atoms with Crippen LogP contribution in [0, 0.1) is 0 Å². The molecule has 2 N–H and O–H groups in total. The molecular weight excluding hydrogens is 512 g/mol. The number of nitrogens with one attached hydrogen (secondary N) is 2. The van der Waals surface area contributed by atoms with Crippen LogP contribution in [-0.4, -0.2) is 44.2 Å². The third-order valence-corrected chi connectivity index (χ3v) is 4.94. The summed E-state index contributed by atoms with van der Waals surface area (Å²) in [5.74, 6) is 1.59. The Kier molecular flexibility index (Phi) is 8.91. The Morgan fingerprint density at radius 1 is 1.32 bits per heavy atom. The molecule has 0 saturated carbocycles. The van der Waals surface area contributed by atoms with Crippen molar-refractivity contribution in [2.75, 3.05) is 32.1 Å². The Morgan fingerprint density at radius 3 is 2.82 bits per heavy atom. The van der Waals surface area contributed by atoms with E-state index in [0.29, 0.717) is 16.7 Å². The lowest BCUT2D eigenvalue weighted by Gasteiger charge is -2.22. The van der Waals surface area contributed by atoms with Gasteiger partial charge in [0.2, 0.25) is 0 Å². The Labute approximate surface area is 192 Å². The fourth-order valence-electron chi connectivity index (χ4n) is 3.09. The second-order valence-electron chi connectivity index (χ2n) is 6.31. The van der Waals surface area contributed by atoms with Crippen molar-refractivity contribution in [3.05, 3.63) is 52.3 Å². The number of benzene rings is 1. The van der Waals surface area contributed by atoms with Crippen molar-refractivity contribution in [3.8, 4) is 5.75 Å². The summed E-state index contributed by atoms with van der Waals surface area (Å²) in [5.41, 5.74) is 2.06.